The first-order chi connectivity index (χ1) is 10.1. The molecule has 0 bridgehead atoms. The molecule has 3 N–H and O–H groups in total. The van der Waals surface area contributed by atoms with E-state index in [0.717, 1.165) is 17.8 Å². The van der Waals surface area contributed by atoms with Crippen LogP contribution in [0.25, 0.3) is 0 Å². The maximum atomic E-state index is 12.3. The van der Waals surface area contributed by atoms with Gasteiger partial charge in [0.1, 0.15) is 10.7 Å². The lowest BCUT2D eigenvalue weighted by atomic mass is 9.84. The number of nitrogens with two attached hydrogens (primary N) is 1. The fourth-order valence-corrected chi connectivity index (χ4v) is 3.87. The van der Waals surface area contributed by atoms with Crippen LogP contribution in [0.2, 0.25) is 0 Å². The van der Waals surface area contributed by atoms with Gasteiger partial charge in [0.25, 0.3) is 5.91 Å². The fourth-order valence-electron chi connectivity index (χ4n) is 3.03. The molecule has 2 atom stereocenters. The number of carbonyl (C=O) groups excluding carboxylic acids is 1. The zero-order valence-corrected chi connectivity index (χ0v) is 13.9. The molecule has 2 unspecified atom stereocenters. The summed E-state index contributed by atoms with van der Waals surface area (Å²) in [7, 11) is 0. The highest BCUT2D eigenvalue weighted by Gasteiger charge is 2.23. The normalized spacial score (nSPS) is 19.2. The van der Waals surface area contributed by atoms with E-state index in [2.05, 4.69) is 24.1 Å². The summed E-state index contributed by atoms with van der Waals surface area (Å²) in [5.41, 5.74) is 6.57. The second-order valence-corrected chi connectivity index (χ2v) is 7.02. The predicted molar refractivity (Wildman–Crippen MR) is 87.5 cm³/mol. The number of amides is 1. The van der Waals surface area contributed by atoms with Crippen LogP contribution in [-0.4, -0.2) is 16.9 Å². The van der Waals surface area contributed by atoms with Crippen LogP contribution in [-0.2, 0) is 0 Å². The monoisotopic (exact) mass is 309 g/mol. The van der Waals surface area contributed by atoms with Crippen molar-refractivity contribution in [3.8, 4) is 0 Å². The van der Waals surface area contributed by atoms with Crippen molar-refractivity contribution in [3.05, 3.63) is 16.1 Å². The Kier molecular flexibility index (Phi) is 6.18. The maximum Gasteiger partial charge on any atom is 0.270 e. The zero-order chi connectivity index (χ0) is 15.2. The van der Waals surface area contributed by atoms with Crippen molar-refractivity contribution in [1.29, 1.82) is 0 Å². The first-order valence-electron chi connectivity index (χ1n) is 8.13. The van der Waals surface area contributed by atoms with Crippen molar-refractivity contribution >= 4 is 17.2 Å². The fraction of sp³-hybridized carbons (Fsp3) is 0.750. The van der Waals surface area contributed by atoms with E-state index in [1.807, 2.05) is 5.38 Å². The van der Waals surface area contributed by atoms with Crippen LogP contribution in [0.15, 0.2) is 5.38 Å². The number of nitrogens with zero attached hydrogens (tertiary/aromatic N) is 1. The van der Waals surface area contributed by atoms with E-state index in [1.54, 1.807) is 0 Å². The summed E-state index contributed by atoms with van der Waals surface area (Å²) in [6.45, 7) is 4.22. The van der Waals surface area contributed by atoms with Gasteiger partial charge in [0.2, 0.25) is 0 Å². The number of hydrogen-bond donors (Lipinski definition) is 2. The molecule has 1 amide bonds. The lowest BCUT2D eigenvalue weighted by Gasteiger charge is -2.28. The molecule has 0 saturated heterocycles. The average molecular weight is 309 g/mol. The summed E-state index contributed by atoms with van der Waals surface area (Å²) in [4.78, 5) is 16.7. The Labute approximate surface area is 131 Å². The Morgan fingerprint density at radius 1 is 1.48 bits per heavy atom. The van der Waals surface area contributed by atoms with Crippen LogP contribution in [0.5, 0.6) is 0 Å². The first kappa shape index (κ1) is 16.4. The quantitative estimate of drug-likeness (QED) is 0.843. The highest BCUT2D eigenvalue weighted by molar-refractivity contribution is 7.09. The minimum atomic E-state index is -0.0562. The third kappa shape index (κ3) is 4.51. The second kappa shape index (κ2) is 7.90. The van der Waals surface area contributed by atoms with Gasteiger partial charge in [-0.2, -0.15) is 0 Å². The van der Waals surface area contributed by atoms with Crippen LogP contribution < -0.4 is 11.1 Å². The lowest BCUT2D eigenvalue weighted by molar-refractivity contribution is 0.0914. The van der Waals surface area contributed by atoms with Gasteiger partial charge in [-0.15, -0.1) is 11.3 Å². The van der Waals surface area contributed by atoms with Crippen molar-refractivity contribution in [2.45, 2.75) is 70.9 Å². The SMILES string of the molecule is CCCC(N)c1nc(C(=O)NC(C)C2CCCCC2)cs1. The van der Waals surface area contributed by atoms with Gasteiger partial charge in [0, 0.05) is 11.4 Å². The minimum Gasteiger partial charge on any atom is -0.348 e. The Morgan fingerprint density at radius 2 is 2.19 bits per heavy atom. The third-order valence-corrected chi connectivity index (χ3v) is 5.36. The number of thiazole rings is 1. The molecule has 0 aliphatic heterocycles. The standard InChI is InChI=1S/C16H27N3OS/c1-3-7-13(17)16-19-14(10-21-16)15(20)18-11(2)12-8-5-4-6-9-12/h10-13H,3-9,17H2,1-2H3,(H,18,20). The van der Waals surface area contributed by atoms with E-state index < -0.39 is 0 Å². The van der Waals surface area contributed by atoms with E-state index in [9.17, 15) is 4.79 Å². The molecule has 1 aromatic heterocycles. The maximum absolute atomic E-state index is 12.3. The Morgan fingerprint density at radius 3 is 2.86 bits per heavy atom. The molecule has 4 nitrogen and oxygen atoms in total. The summed E-state index contributed by atoms with van der Waals surface area (Å²) in [6.07, 6.45) is 8.31. The van der Waals surface area contributed by atoms with Crippen LogP contribution in [0, 0.1) is 5.92 Å². The third-order valence-electron chi connectivity index (χ3n) is 4.39. The number of aromatic nitrogens is 1. The van der Waals surface area contributed by atoms with E-state index in [4.69, 9.17) is 5.73 Å². The molecular weight excluding hydrogens is 282 g/mol. The molecule has 0 radical (unpaired) electrons. The number of carbonyl (C=O) groups is 1. The van der Waals surface area contributed by atoms with Crippen molar-refractivity contribution in [2.75, 3.05) is 0 Å². The molecule has 5 heteroatoms. The summed E-state index contributed by atoms with van der Waals surface area (Å²) in [6, 6.07) is 0.185. The molecule has 1 fully saturated rings. The predicted octanol–water partition coefficient (Wildman–Crippen LogP) is 3.64. The van der Waals surface area contributed by atoms with E-state index >= 15 is 0 Å². The second-order valence-electron chi connectivity index (χ2n) is 6.13. The molecule has 1 heterocycles. The van der Waals surface area contributed by atoms with E-state index in [1.165, 1.54) is 43.4 Å². The van der Waals surface area contributed by atoms with Crippen LogP contribution >= 0.6 is 11.3 Å². The van der Waals surface area contributed by atoms with Gasteiger partial charge in [0.15, 0.2) is 0 Å². The van der Waals surface area contributed by atoms with Gasteiger partial charge in [-0.05, 0) is 32.1 Å². The number of nitrogens with one attached hydrogen (secondary N) is 1. The lowest BCUT2D eigenvalue weighted by Crippen LogP contribution is -2.39. The Bertz CT molecular complexity index is 454. The highest BCUT2D eigenvalue weighted by Crippen LogP contribution is 2.26. The summed E-state index contributed by atoms with van der Waals surface area (Å²) in [5.74, 6) is 0.558. The van der Waals surface area contributed by atoms with Gasteiger partial charge in [0.05, 0.1) is 6.04 Å². The van der Waals surface area contributed by atoms with Gasteiger partial charge in [-0.3, -0.25) is 4.79 Å². The van der Waals surface area contributed by atoms with E-state index in [0.29, 0.717) is 11.6 Å². The largest absolute Gasteiger partial charge is 0.348 e. The van der Waals surface area contributed by atoms with Gasteiger partial charge < -0.3 is 11.1 Å². The zero-order valence-electron chi connectivity index (χ0n) is 13.1. The minimum absolute atomic E-state index is 0.0442. The van der Waals surface area contributed by atoms with Crippen molar-refractivity contribution in [1.82, 2.24) is 10.3 Å². The molecule has 1 aromatic rings. The van der Waals surface area contributed by atoms with Gasteiger partial charge in [-0.1, -0.05) is 32.6 Å². The Hall–Kier alpha value is -0.940. The number of hydrogen-bond acceptors (Lipinski definition) is 4. The van der Waals surface area contributed by atoms with Gasteiger partial charge >= 0.3 is 0 Å². The molecule has 1 aliphatic carbocycles. The van der Waals surface area contributed by atoms with Gasteiger partial charge in [-0.25, -0.2) is 4.98 Å². The van der Waals surface area contributed by atoms with Crippen molar-refractivity contribution in [2.24, 2.45) is 11.7 Å². The topological polar surface area (TPSA) is 68.0 Å². The summed E-state index contributed by atoms with van der Waals surface area (Å²) < 4.78 is 0. The molecule has 0 aromatic carbocycles. The average Bonchev–Trinajstić information content (AvgIpc) is 2.98. The molecule has 118 valence electrons. The molecule has 0 spiro atoms. The Balaban J connectivity index is 1.90. The molecule has 1 saturated carbocycles. The van der Waals surface area contributed by atoms with Crippen LogP contribution in [0.1, 0.15) is 80.3 Å². The van der Waals surface area contributed by atoms with Crippen molar-refractivity contribution in [3.63, 3.8) is 0 Å². The number of rotatable bonds is 6. The molecular formula is C16H27N3OS. The highest BCUT2D eigenvalue weighted by atomic mass is 32.1. The van der Waals surface area contributed by atoms with Crippen LogP contribution in [0.4, 0.5) is 0 Å². The van der Waals surface area contributed by atoms with Crippen molar-refractivity contribution < 1.29 is 4.79 Å². The first-order valence-corrected chi connectivity index (χ1v) is 9.01. The molecule has 1 aliphatic rings. The van der Waals surface area contributed by atoms with E-state index in [-0.39, 0.29) is 18.0 Å². The van der Waals surface area contributed by atoms with Crippen LogP contribution in [0.3, 0.4) is 0 Å². The summed E-state index contributed by atoms with van der Waals surface area (Å²) >= 11 is 1.49. The molecule has 2 rings (SSSR count). The smallest absolute Gasteiger partial charge is 0.270 e. The summed E-state index contributed by atoms with van der Waals surface area (Å²) in [5, 5.41) is 5.81. The molecule has 21 heavy (non-hydrogen) atoms.